The summed E-state index contributed by atoms with van der Waals surface area (Å²) in [6, 6.07) is 0. The summed E-state index contributed by atoms with van der Waals surface area (Å²) in [4.78, 5) is 2.19. The maximum atomic E-state index is 3.12. The number of nitrogens with zero attached hydrogens (tertiary/aromatic N) is 1. The fraction of sp³-hybridized carbons (Fsp3) is 0.818. The molecule has 72 valence electrons. The Morgan fingerprint density at radius 3 is 2.08 bits per heavy atom. The summed E-state index contributed by atoms with van der Waals surface area (Å²) in [5.74, 6) is 6.60. The lowest BCUT2D eigenvalue weighted by molar-refractivity contribution is 0.382. The van der Waals surface area contributed by atoms with Crippen molar-refractivity contribution in [1.82, 2.24) is 4.90 Å². The Morgan fingerprint density at radius 1 is 1.25 bits per heavy atom. The van der Waals surface area contributed by atoms with Gasteiger partial charge in [0.25, 0.3) is 0 Å². The lowest BCUT2D eigenvalue weighted by atomic mass is 10.1. The predicted octanol–water partition coefficient (Wildman–Crippen LogP) is 2.62. The second-order valence-corrected chi connectivity index (χ2v) is 2.89. The number of rotatable bonds is 3. The smallest absolute Gasteiger partial charge is 0.0186 e. The van der Waals surface area contributed by atoms with Gasteiger partial charge in [-0.3, -0.25) is 0 Å². The minimum atomic E-state index is 0.549. The van der Waals surface area contributed by atoms with Crippen molar-refractivity contribution in [1.29, 1.82) is 0 Å². The van der Waals surface area contributed by atoms with Crippen LogP contribution in [0.5, 0.6) is 0 Å². The Hall–Kier alpha value is -0.480. The zero-order valence-corrected chi connectivity index (χ0v) is 9.44. The van der Waals surface area contributed by atoms with E-state index < -0.39 is 0 Å². The van der Waals surface area contributed by atoms with Crippen LogP contribution in [-0.2, 0) is 0 Å². The van der Waals surface area contributed by atoms with Crippen molar-refractivity contribution < 1.29 is 0 Å². The normalized spacial score (nSPS) is 10.9. The van der Waals surface area contributed by atoms with E-state index in [1.165, 1.54) is 6.42 Å². The highest BCUT2D eigenvalue weighted by Gasteiger charge is 1.96. The highest BCUT2D eigenvalue weighted by atomic mass is 15.0. The van der Waals surface area contributed by atoms with E-state index in [-0.39, 0.29) is 0 Å². The Kier molecular flexibility index (Phi) is 12.3. The topological polar surface area (TPSA) is 3.24 Å². The molecule has 12 heavy (non-hydrogen) atoms. The average molecular weight is 169 g/mol. The Morgan fingerprint density at radius 2 is 1.75 bits per heavy atom. The van der Waals surface area contributed by atoms with Crippen LogP contribution in [0.15, 0.2) is 0 Å². The Labute approximate surface area is 78.2 Å². The molecule has 0 aromatic rings. The quantitative estimate of drug-likeness (QED) is 0.587. The summed E-state index contributed by atoms with van der Waals surface area (Å²) in [5.41, 5.74) is 0. The van der Waals surface area contributed by atoms with Gasteiger partial charge >= 0.3 is 0 Å². The molecule has 0 amide bonds. The van der Waals surface area contributed by atoms with E-state index in [1.54, 1.807) is 0 Å². The summed E-state index contributed by atoms with van der Waals surface area (Å²) < 4.78 is 0. The molecule has 1 heteroatoms. The molecule has 0 saturated carbocycles. The third-order valence-electron chi connectivity index (χ3n) is 1.40. The average Bonchev–Trinajstić information content (AvgIpc) is 2.05. The van der Waals surface area contributed by atoms with Gasteiger partial charge in [-0.25, -0.2) is 0 Å². The fourth-order valence-electron chi connectivity index (χ4n) is 0.770. The molecule has 0 aromatic heterocycles. The van der Waals surface area contributed by atoms with Gasteiger partial charge in [-0.15, -0.1) is 11.8 Å². The van der Waals surface area contributed by atoms with Gasteiger partial charge in [0.05, 0.1) is 0 Å². The van der Waals surface area contributed by atoms with E-state index in [0.717, 1.165) is 6.54 Å². The summed E-state index contributed by atoms with van der Waals surface area (Å²) in [5, 5.41) is 0. The monoisotopic (exact) mass is 169 g/mol. The van der Waals surface area contributed by atoms with Crippen LogP contribution in [0, 0.1) is 17.8 Å². The molecular weight excluding hydrogens is 146 g/mol. The van der Waals surface area contributed by atoms with Gasteiger partial charge in [0.2, 0.25) is 0 Å². The highest BCUT2D eigenvalue weighted by Crippen LogP contribution is 1.99. The largest absolute Gasteiger partial charge is 0.309 e. The molecule has 1 atom stereocenters. The molecule has 0 radical (unpaired) electrons. The Balaban J connectivity index is 0. The van der Waals surface area contributed by atoms with Crippen molar-refractivity contribution in [3.8, 4) is 11.8 Å². The molecule has 0 aliphatic carbocycles. The first-order valence-electron chi connectivity index (χ1n) is 4.73. The van der Waals surface area contributed by atoms with E-state index in [0.29, 0.717) is 5.92 Å². The first-order chi connectivity index (χ1) is 5.66. The lowest BCUT2D eigenvalue weighted by Gasteiger charge is -2.10. The first-order valence-corrected chi connectivity index (χ1v) is 4.73. The third kappa shape index (κ3) is 12.2. The maximum Gasteiger partial charge on any atom is 0.0186 e. The van der Waals surface area contributed by atoms with Gasteiger partial charge in [-0.1, -0.05) is 20.8 Å². The number of hydrogen-bond acceptors (Lipinski definition) is 1. The minimum absolute atomic E-state index is 0.549. The second kappa shape index (κ2) is 10.5. The van der Waals surface area contributed by atoms with E-state index in [1.807, 2.05) is 20.8 Å². The molecule has 0 aliphatic rings. The molecule has 0 fully saturated rings. The van der Waals surface area contributed by atoms with Gasteiger partial charge in [-0.2, -0.15) is 0 Å². The van der Waals surface area contributed by atoms with Crippen LogP contribution in [0.3, 0.4) is 0 Å². The molecular formula is C11H23N. The SMILES string of the molecule is CC.CC#CC(C)CCN(C)C. The van der Waals surface area contributed by atoms with Crippen LogP contribution in [-0.4, -0.2) is 25.5 Å². The number of hydrogen-bond donors (Lipinski definition) is 0. The van der Waals surface area contributed by atoms with Crippen LogP contribution >= 0.6 is 0 Å². The molecule has 0 spiro atoms. The Bertz CT molecular complexity index is 128. The minimum Gasteiger partial charge on any atom is -0.309 e. The highest BCUT2D eigenvalue weighted by molar-refractivity contribution is 4.99. The molecule has 0 saturated heterocycles. The molecule has 0 rings (SSSR count). The molecule has 0 aromatic carbocycles. The predicted molar refractivity (Wildman–Crippen MR) is 57.1 cm³/mol. The fourth-order valence-corrected chi connectivity index (χ4v) is 0.770. The van der Waals surface area contributed by atoms with Gasteiger partial charge in [-0.05, 0) is 34.0 Å². The van der Waals surface area contributed by atoms with Crippen molar-refractivity contribution in [3.05, 3.63) is 0 Å². The van der Waals surface area contributed by atoms with Crippen LogP contribution in [0.4, 0.5) is 0 Å². The molecule has 1 unspecified atom stereocenters. The van der Waals surface area contributed by atoms with Gasteiger partial charge < -0.3 is 4.90 Å². The van der Waals surface area contributed by atoms with E-state index in [9.17, 15) is 0 Å². The van der Waals surface area contributed by atoms with Crippen molar-refractivity contribution in [3.63, 3.8) is 0 Å². The summed E-state index contributed by atoms with van der Waals surface area (Å²) in [7, 11) is 4.18. The maximum absolute atomic E-state index is 3.12. The van der Waals surface area contributed by atoms with E-state index >= 15 is 0 Å². The molecule has 0 bridgehead atoms. The zero-order chi connectivity index (χ0) is 9.98. The van der Waals surface area contributed by atoms with Crippen molar-refractivity contribution in [2.24, 2.45) is 5.92 Å². The van der Waals surface area contributed by atoms with E-state index in [2.05, 4.69) is 37.8 Å². The van der Waals surface area contributed by atoms with Gasteiger partial charge in [0, 0.05) is 5.92 Å². The van der Waals surface area contributed by atoms with Crippen LogP contribution in [0.25, 0.3) is 0 Å². The van der Waals surface area contributed by atoms with Gasteiger partial charge in [0.15, 0.2) is 0 Å². The molecule has 1 nitrogen and oxygen atoms in total. The summed E-state index contributed by atoms with van der Waals surface area (Å²) in [6.45, 7) is 9.20. The standard InChI is InChI=1S/C9H17N.C2H6/c1-5-6-9(2)7-8-10(3)4;1-2/h9H,7-8H2,1-4H3;1-2H3. The van der Waals surface area contributed by atoms with Gasteiger partial charge in [0.1, 0.15) is 0 Å². The van der Waals surface area contributed by atoms with Crippen molar-refractivity contribution >= 4 is 0 Å². The van der Waals surface area contributed by atoms with Crippen LogP contribution in [0.1, 0.15) is 34.1 Å². The van der Waals surface area contributed by atoms with Crippen molar-refractivity contribution in [2.45, 2.75) is 34.1 Å². The van der Waals surface area contributed by atoms with E-state index in [4.69, 9.17) is 0 Å². The summed E-state index contributed by atoms with van der Waals surface area (Å²) >= 11 is 0. The molecule has 0 aliphatic heterocycles. The second-order valence-electron chi connectivity index (χ2n) is 2.89. The third-order valence-corrected chi connectivity index (χ3v) is 1.40. The zero-order valence-electron chi connectivity index (χ0n) is 9.44. The van der Waals surface area contributed by atoms with Crippen molar-refractivity contribution in [2.75, 3.05) is 20.6 Å². The molecule has 0 heterocycles. The summed E-state index contributed by atoms with van der Waals surface area (Å²) in [6.07, 6.45) is 1.17. The van der Waals surface area contributed by atoms with Crippen LogP contribution in [0.2, 0.25) is 0 Å². The first kappa shape index (κ1) is 14.1. The lowest BCUT2D eigenvalue weighted by Crippen LogP contribution is -2.14. The molecule has 0 N–H and O–H groups in total. The van der Waals surface area contributed by atoms with Crippen LogP contribution < -0.4 is 0 Å².